The molecule has 0 fully saturated rings. The first-order valence-electron chi connectivity index (χ1n) is 3.83. The molecule has 0 aliphatic heterocycles. The molecular formula is C9H5Br2FN2. The lowest BCUT2D eigenvalue weighted by atomic mass is 10.1. The van der Waals surface area contributed by atoms with Gasteiger partial charge in [0.2, 0.25) is 0 Å². The summed E-state index contributed by atoms with van der Waals surface area (Å²) in [7, 11) is 0. The molecule has 0 saturated carbocycles. The predicted molar refractivity (Wildman–Crippen MR) is 59.4 cm³/mol. The summed E-state index contributed by atoms with van der Waals surface area (Å²) in [6.45, 7) is 0. The third-order valence-electron chi connectivity index (χ3n) is 1.79. The first kappa shape index (κ1) is 9.86. The van der Waals surface area contributed by atoms with E-state index in [9.17, 15) is 4.39 Å². The molecule has 72 valence electrons. The Morgan fingerprint density at radius 1 is 1.21 bits per heavy atom. The SMILES string of the molecule is Fc1ccc(-c2[nH]ncc2Br)c(Br)c1. The van der Waals surface area contributed by atoms with Crippen molar-refractivity contribution in [1.82, 2.24) is 10.2 Å². The van der Waals surface area contributed by atoms with Crippen molar-refractivity contribution in [2.24, 2.45) is 0 Å². The van der Waals surface area contributed by atoms with Crippen LogP contribution in [0.5, 0.6) is 0 Å². The zero-order chi connectivity index (χ0) is 10.1. The highest BCUT2D eigenvalue weighted by molar-refractivity contribution is 9.11. The van der Waals surface area contributed by atoms with Crippen LogP contribution >= 0.6 is 31.9 Å². The van der Waals surface area contributed by atoms with Gasteiger partial charge in [-0.25, -0.2) is 4.39 Å². The zero-order valence-electron chi connectivity index (χ0n) is 6.89. The number of aromatic nitrogens is 2. The number of hydrogen-bond donors (Lipinski definition) is 1. The molecular weight excluding hydrogens is 315 g/mol. The summed E-state index contributed by atoms with van der Waals surface area (Å²) in [5.74, 6) is -0.267. The monoisotopic (exact) mass is 318 g/mol. The molecule has 0 aliphatic carbocycles. The summed E-state index contributed by atoms with van der Waals surface area (Å²) in [4.78, 5) is 0. The average molecular weight is 320 g/mol. The molecule has 0 bridgehead atoms. The van der Waals surface area contributed by atoms with Crippen LogP contribution in [0.3, 0.4) is 0 Å². The standard InChI is InChI=1S/C9H5Br2FN2/c10-7-3-5(12)1-2-6(7)9-8(11)4-13-14-9/h1-4H,(H,13,14). The minimum absolute atomic E-state index is 0.267. The van der Waals surface area contributed by atoms with Gasteiger partial charge in [-0.3, -0.25) is 5.10 Å². The summed E-state index contributed by atoms with van der Waals surface area (Å²) >= 11 is 6.64. The van der Waals surface area contributed by atoms with Crippen LogP contribution in [-0.4, -0.2) is 10.2 Å². The first-order chi connectivity index (χ1) is 6.68. The van der Waals surface area contributed by atoms with Crippen molar-refractivity contribution in [2.75, 3.05) is 0 Å². The highest BCUT2D eigenvalue weighted by Crippen LogP contribution is 2.31. The normalized spacial score (nSPS) is 10.5. The molecule has 0 radical (unpaired) electrons. The fraction of sp³-hybridized carbons (Fsp3) is 0. The number of nitrogens with one attached hydrogen (secondary N) is 1. The van der Waals surface area contributed by atoms with E-state index in [1.807, 2.05) is 0 Å². The summed E-state index contributed by atoms with van der Waals surface area (Å²) < 4.78 is 14.4. The second-order valence-electron chi connectivity index (χ2n) is 2.72. The van der Waals surface area contributed by atoms with E-state index in [0.29, 0.717) is 4.47 Å². The zero-order valence-corrected chi connectivity index (χ0v) is 10.1. The van der Waals surface area contributed by atoms with E-state index in [0.717, 1.165) is 15.7 Å². The Balaban J connectivity index is 2.58. The average Bonchev–Trinajstić information content (AvgIpc) is 2.52. The molecule has 0 aliphatic rings. The maximum Gasteiger partial charge on any atom is 0.124 e. The lowest BCUT2D eigenvalue weighted by Gasteiger charge is -2.02. The molecule has 14 heavy (non-hydrogen) atoms. The van der Waals surface area contributed by atoms with Gasteiger partial charge in [-0.2, -0.15) is 5.10 Å². The molecule has 0 amide bonds. The van der Waals surface area contributed by atoms with Gasteiger partial charge in [0.15, 0.2) is 0 Å². The Labute approximate surface area is 96.8 Å². The van der Waals surface area contributed by atoms with Gasteiger partial charge in [-0.1, -0.05) is 0 Å². The van der Waals surface area contributed by atoms with Crippen LogP contribution in [-0.2, 0) is 0 Å². The molecule has 0 atom stereocenters. The maximum atomic E-state index is 12.8. The second kappa shape index (κ2) is 3.82. The van der Waals surface area contributed by atoms with Crippen LogP contribution < -0.4 is 0 Å². The van der Waals surface area contributed by atoms with Gasteiger partial charge in [0.05, 0.1) is 16.4 Å². The van der Waals surface area contributed by atoms with Crippen molar-refractivity contribution in [3.63, 3.8) is 0 Å². The lowest BCUT2D eigenvalue weighted by molar-refractivity contribution is 0.627. The van der Waals surface area contributed by atoms with Gasteiger partial charge in [-0.15, -0.1) is 0 Å². The van der Waals surface area contributed by atoms with E-state index in [1.165, 1.54) is 12.1 Å². The number of aromatic amines is 1. The number of rotatable bonds is 1. The van der Waals surface area contributed by atoms with E-state index in [2.05, 4.69) is 42.1 Å². The fourth-order valence-corrected chi connectivity index (χ4v) is 2.11. The molecule has 0 spiro atoms. The minimum atomic E-state index is -0.267. The molecule has 1 aromatic heterocycles. The number of H-pyrrole nitrogens is 1. The Bertz CT molecular complexity index is 468. The summed E-state index contributed by atoms with van der Waals surface area (Å²) in [6.07, 6.45) is 1.66. The number of benzene rings is 1. The third kappa shape index (κ3) is 1.74. The molecule has 1 heterocycles. The van der Waals surface area contributed by atoms with Crippen molar-refractivity contribution in [3.8, 4) is 11.3 Å². The summed E-state index contributed by atoms with van der Waals surface area (Å²) in [6, 6.07) is 4.52. The van der Waals surface area contributed by atoms with Gasteiger partial charge in [0.25, 0.3) is 0 Å². The maximum absolute atomic E-state index is 12.8. The van der Waals surface area contributed by atoms with Crippen LogP contribution in [0.4, 0.5) is 4.39 Å². The topological polar surface area (TPSA) is 28.7 Å². The van der Waals surface area contributed by atoms with E-state index in [-0.39, 0.29) is 5.82 Å². The summed E-state index contributed by atoms with van der Waals surface area (Å²) in [5, 5.41) is 6.71. The minimum Gasteiger partial charge on any atom is -0.277 e. The molecule has 0 unspecified atom stereocenters. The van der Waals surface area contributed by atoms with E-state index < -0.39 is 0 Å². The van der Waals surface area contributed by atoms with E-state index in [1.54, 1.807) is 12.3 Å². The van der Waals surface area contributed by atoms with Crippen LogP contribution in [0.25, 0.3) is 11.3 Å². The molecule has 2 nitrogen and oxygen atoms in total. The quantitative estimate of drug-likeness (QED) is 0.852. The molecule has 1 aromatic carbocycles. The Hall–Kier alpha value is -0.680. The predicted octanol–water partition coefficient (Wildman–Crippen LogP) is 3.74. The van der Waals surface area contributed by atoms with E-state index >= 15 is 0 Å². The smallest absolute Gasteiger partial charge is 0.124 e. The van der Waals surface area contributed by atoms with Crippen molar-refractivity contribution in [2.45, 2.75) is 0 Å². The number of halogens is 3. The van der Waals surface area contributed by atoms with Crippen molar-refractivity contribution < 1.29 is 4.39 Å². The molecule has 2 rings (SSSR count). The van der Waals surface area contributed by atoms with Gasteiger partial charge in [0, 0.05) is 10.0 Å². The largest absolute Gasteiger partial charge is 0.277 e. The van der Waals surface area contributed by atoms with Gasteiger partial charge in [0.1, 0.15) is 5.82 Å². The van der Waals surface area contributed by atoms with Gasteiger partial charge >= 0.3 is 0 Å². The van der Waals surface area contributed by atoms with Crippen molar-refractivity contribution in [1.29, 1.82) is 0 Å². The van der Waals surface area contributed by atoms with Crippen LogP contribution in [0.15, 0.2) is 33.3 Å². The second-order valence-corrected chi connectivity index (χ2v) is 4.43. The Kier molecular flexibility index (Phi) is 2.69. The van der Waals surface area contributed by atoms with Gasteiger partial charge in [-0.05, 0) is 50.1 Å². The molecule has 1 N–H and O–H groups in total. The van der Waals surface area contributed by atoms with Crippen molar-refractivity contribution in [3.05, 3.63) is 39.2 Å². The first-order valence-corrected chi connectivity index (χ1v) is 5.41. The highest BCUT2D eigenvalue weighted by Gasteiger charge is 2.09. The Morgan fingerprint density at radius 2 is 2.00 bits per heavy atom. The Morgan fingerprint density at radius 3 is 2.57 bits per heavy atom. The van der Waals surface area contributed by atoms with Gasteiger partial charge < -0.3 is 0 Å². The van der Waals surface area contributed by atoms with Crippen molar-refractivity contribution >= 4 is 31.9 Å². The third-order valence-corrected chi connectivity index (χ3v) is 3.05. The fourth-order valence-electron chi connectivity index (χ4n) is 1.15. The number of nitrogens with zero attached hydrogens (tertiary/aromatic N) is 1. The molecule has 5 heteroatoms. The molecule has 2 aromatic rings. The summed E-state index contributed by atoms with van der Waals surface area (Å²) in [5.41, 5.74) is 1.70. The molecule has 0 saturated heterocycles. The van der Waals surface area contributed by atoms with Crippen LogP contribution in [0, 0.1) is 5.82 Å². The highest BCUT2D eigenvalue weighted by atomic mass is 79.9. The van der Waals surface area contributed by atoms with Crippen LogP contribution in [0.2, 0.25) is 0 Å². The van der Waals surface area contributed by atoms with E-state index in [4.69, 9.17) is 0 Å². The lowest BCUT2D eigenvalue weighted by Crippen LogP contribution is -1.83. The van der Waals surface area contributed by atoms with Crippen LogP contribution in [0.1, 0.15) is 0 Å². The number of hydrogen-bond acceptors (Lipinski definition) is 1.